The average molecular weight is 180 g/mol. The van der Waals surface area contributed by atoms with Crippen LogP contribution in [0.1, 0.15) is 32.1 Å². The lowest BCUT2D eigenvalue weighted by atomic mass is 9.94. The molecule has 1 aliphatic heterocycles. The molecule has 2 nitrogen and oxygen atoms in total. The molecule has 0 N–H and O–H groups in total. The van der Waals surface area contributed by atoms with Gasteiger partial charge < -0.3 is 9.80 Å². The van der Waals surface area contributed by atoms with E-state index >= 15 is 0 Å². The van der Waals surface area contributed by atoms with E-state index < -0.39 is 0 Å². The van der Waals surface area contributed by atoms with Gasteiger partial charge in [0.05, 0.1) is 0 Å². The summed E-state index contributed by atoms with van der Waals surface area (Å²) in [6.07, 6.45) is 6.92. The molecule has 1 saturated heterocycles. The molecule has 74 valence electrons. The Balaban J connectivity index is 2.18. The summed E-state index contributed by atoms with van der Waals surface area (Å²) < 4.78 is 0. The van der Waals surface area contributed by atoms with Crippen molar-refractivity contribution in [3.05, 3.63) is 11.4 Å². The van der Waals surface area contributed by atoms with Crippen LogP contribution < -0.4 is 0 Å². The van der Waals surface area contributed by atoms with Crippen molar-refractivity contribution < 1.29 is 0 Å². The summed E-state index contributed by atoms with van der Waals surface area (Å²) in [5.41, 5.74) is 1.70. The average Bonchev–Trinajstić information content (AvgIpc) is 2.48. The zero-order valence-corrected chi connectivity index (χ0v) is 8.84. The number of nitrogens with zero attached hydrogens (tertiary/aromatic N) is 2. The second-order valence-electron chi connectivity index (χ2n) is 4.33. The van der Waals surface area contributed by atoms with E-state index in [2.05, 4.69) is 23.9 Å². The molecule has 0 spiro atoms. The SMILES string of the molecule is CN1CCN(C)C1=C1CCCCC1. The molecule has 1 heterocycles. The summed E-state index contributed by atoms with van der Waals surface area (Å²) in [5, 5.41) is 0. The van der Waals surface area contributed by atoms with Gasteiger partial charge in [-0.3, -0.25) is 0 Å². The Labute approximate surface area is 81.2 Å². The Morgan fingerprint density at radius 2 is 1.38 bits per heavy atom. The van der Waals surface area contributed by atoms with Crippen LogP contribution >= 0.6 is 0 Å². The Morgan fingerprint density at radius 3 is 1.92 bits per heavy atom. The maximum atomic E-state index is 2.42. The highest BCUT2D eigenvalue weighted by Gasteiger charge is 2.22. The zero-order valence-electron chi connectivity index (χ0n) is 8.84. The van der Waals surface area contributed by atoms with Crippen molar-refractivity contribution >= 4 is 0 Å². The van der Waals surface area contributed by atoms with Crippen molar-refractivity contribution in [2.24, 2.45) is 0 Å². The minimum absolute atomic E-state index is 1.20. The summed E-state index contributed by atoms with van der Waals surface area (Å²) in [4.78, 5) is 4.83. The van der Waals surface area contributed by atoms with Gasteiger partial charge in [0.15, 0.2) is 0 Å². The highest BCUT2D eigenvalue weighted by Crippen LogP contribution is 2.29. The Kier molecular flexibility index (Phi) is 2.47. The molecule has 1 aliphatic carbocycles. The van der Waals surface area contributed by atoms with Crippen LogP contribution in [0.25, 0.3) is 0 Å². The lowest BCUT2D eigenvalue weighted by Gasteiger charge is -2.25. The summed E-state index contributed by atoms with van der Waals surface area (Å²) in [7, 11) is 4.45. The van der Waals surface area contributed by atoms with Crippen LogP contribution in [0.3, 0.4) is 0 Å². The van der Waals surface area contributed by atoms with Gasteiger partial charge in [-0.1, -0.05) is 6.42 Å². The first-order valence-electron chi connectivity index (χ1n) is 5.43. The maximum Gasteiger partial charge on any atom is 0.103 e. The summed E-state index contributed by atoms with van der Waals surface area (Å²) in [6.45, 7) is 2.41. The van der Waals surface area contributed by atoms with E-state index in [0.29, 0.717) is 0 Å². The van der Waals surface area contributed by atoms with Crippen LogP contribution in [-0.4, -0.2) is 37.0 Å². The first kappa shape index (κ1) is 8.92. The number of likely N-dealkylation sites (N-methyl/N-ethyl adjacent to an activating group) is 2. The topological polar surface area (TPSA) is 6.48 Å². The molecule has 13 heavy (non-hydrogen) atoms. The minimum Gasteiger partial charge on any atom is -0.360 e. The monoisotopic (exact) mass is 180 g/mol. The van der Waals surface area contributed by atoms with Crippen LogP contribution in [0.2, 0.25) is 0 Å². The molecule has 0 aromatic carbocycles. The molecular weight excluding hydrogens is 160 g/mol. The molecule has 2 rings (SSSR count). The third-order valence-electron chi connectivity index (χ3n) is 3.27. The van der Waals surface area contributed by atoms with Crippen LogP contribution in [0.5, 0.6) is 0 Å². The van der Waals surface area contributed by atoms with Crippen molar-refractivity contribution in [2.75, 3.05) is 27.2 Å². The van der Waals surface area contributed by atoms with E-state index in [1.54, 1.807) is 5.57 Å². The van der Waals surface area contributed by atoms with Gasteiger partial charge in [-0.2, -0.15) is 0 Å². The van der Waals surface area contributed by atoms with Crippen molar-refractivity contribution in [1.29, 1.82) is 0 Å². The van der Waals surface area contributed by atoms with Crippen molar-refractivity contribution in [2.45, 2.75) is 32.1 Å². The van der Waals surface area contributed by atoms with Gasteiger partial charge in [-0.15, -0.1) is 0 Å². The van der Waals surface area contributed by atoms with Crippen molar-refractivity contribution in [3.8, 4) is 0 Å². The van der Waals surface area contributed by atoms with E-state index in [9.17, 15) is 0 Å². The molecule has 0 atom stereocenters. The van der Waals surface area contributed by atoms with Crippen LogP contribution in [0.15, 0.2) is 11.4 Å². The number of hydrogen-bond donors (Lipinski definition) is 0. The fraction of sp³-hybridized carbons (Fsp3) is 0.818. The fourth-order valence-electron chi connectivity index (χ4n) is 2.55. The molecule has 0 amide bonds. The third-order valence-corrected chi connectivity index (χ3v) is 3.27. The molecule has 0 radical (unpaired) electrons. The van der Waals surface area contributed by atoms with Gasteiger partial charge in [-0.25, -0.2) is 0 Å². The summed E-state index contributed by atoms with van der Waals surface area (Å²) >= 11 is 0. The summed E-state index contributed by atoms with van der Waals surface area (Å²) in [5.74, 6) is 1.53. The van der Waals surface area contributed by atoms with Gasteiger partial charge in [0.2, 0.25) is 0 Å². The smallest absolute Gasteiger partial charge is 0.103 e. The molecule has 0 aromatic heterocycles. The van der Waals surface area contributed by atoms with E-state index in [1.165, 1.54) is 51.0 Å². The zero-order chi connectivity index (χ0) is 9.26. The fourth-order valence-corrected chi connectivity index (χ4v) is 2.55. The van der Waals surface area contributed by atoms with Crippen LogP contribution in [0.4, 0.5) is 0 Å². The molecular formula is C11H20N2. The quantitative estimate of drug-likeness (QED) is 0.563. The largest absolute Gasteiger partial charge is 0.360 e. The molecule has 2 heteroatoms. The summed E-state index contributed by atoms with van der Waals surface area (Å²) in [6, 6.07) is 0. The van der Waals surface area contributed by atoms with E-state index in [-0.39, 0.29) is 0 Å². The highest BCUT2D eigenvalue weighted by atomic mass is 15.4. The van der Waals surface area contributed by atoms with Crippen LogP contribution in [-0.2, 0) is 0 Å². The third kappa shape index (κ3) is 1.67. The second kappa shape index (κ2) is 3.60. The van der Waals surface area contributed by atoms with E-state index in [0.717, 1.165) is 0 Å². The molecule has 0 bridgehead atoms. The first-order chi connectivity index (χ1) is 6.29. The molecule has 0 unspecified atom stereocenters. The van der Waals surface area contributed by atoms with E-state index in [4.69, 9.17) is 0 Å². The molecule has 2 fully saturated rings. The number of rotatable bonds is 0. The van der Waals surface area contributed by atoms with E-state index in [1.807, 2.05) is 0 Å². The van der Waals surface area contributed by atoms with Crippen LogP contribution in [0, 0.1) is 0 Å². The van der Waals surface area contributed by atoms with Gasteiger partial charge >= 0.3 is 0 Å². The Hall–Kier alpha value is -0.660. The Morgan fingerprint density at radius 1 is 0.846 bits per heavy atom. The molecule has 1 saturated carbocycles. The maximum absolute atomic E-state index is 2.42. The Bertz CT molecular complexity index is 200. The minimum atomic E-state index is 1.20. The van der Waals surface area contributed by atoms with Gasteiger partial charge in [0, 0.05) is 27.2 Å². The van der Waals surface area contributed by atoms with Gasteiger partial charge in [0.25, 0.3) is 0 Å². The van der Waals surface area contributed by atoms with Crippen molar-refractivity contribution in [3.63, 3.8) is 0 Å². The van der Waals surface area contributed by atoms with Crippen molar-refractivity contribution in [1.82, 2.24) is 9.80 Å². The highest BCUT2D eigenvalue weighted by molar-refractivity contribution is 5.16. The standard InChI is InChI=1S/C11H20N2/c1-12-8-9-13(2)11(12)10-6-4-3-5-7-10/h3-9H2,1-2H3. The normalized spacial score (nSPS) is 24.5. The lowest BCUT2D eigenvalue weighted by Crippen LogP contribution is -2.20. The number of allylic oxidation sites excluding steroid dienone is 1. The predicted octanol–water partition coefficient (Wildman–Crippen LogP) is 2.04. The van der Waals surface area contributed by atoms with Gasteiger partial charge in [0.1, 0.15) is 5.82 Å². The molecule has 0 aromatic rings. The first-order valence-corrected chi connectivity index (χ1v) is 5.43. The van der Waals surface area contributed by atoms with Gasteiger partial charge in [-0.05, 0) is 31.3 Å². The second-order valence-corrected chi connectivity index (χ2v) is 4.33. The lowest BCUT2D eigenvalue weighted by molar-refractivity contribution is 0.399. The molecule has 2 aliphatic rings. The number of hydrogen-bond acceptors (Lipinski definition) is 2. The predicted molar refractivity (Wildman–Crippen MR) is 55.4 cm³/mol.